The molecule has 1 atom stereocenters. The lowest BCUT2D eigenvalue weighted by atomic mass is 10.0. The summed E-state index contributed by atoms with van der Waals surface area (Å²) >= 11 is 0. The number of amides is 1. The van der Waals surface area contributed by atoms with Gasteiger partial charge in [0.1, 0.15) is 0 Å². The molecule has 0 spiro atoms. The van der Waals surface area contributed by atoms with Crippen molar-refractivity contribution < 1.29 is 9.59 Å². The van der Waals surface area contributed by atoms with Crippen molar-refractivity contribution in [2.75, 3.05) is 19.6 Å². The van der Waals surface area contributed by atoms with Crippen LogP contribution < -0.4 is 10.6 Å². The van der Waals surface area contributed by atoms with Gasteiger partial charge in [0.25, 0.3) is 0 Å². The van der Waals surface area contributed by atoms with Gasteiger partial charge in [0.05, 0.1) is 0 Å². The third-order valence-corrected chi connectivity index (χ3v) is 3.99. The standard InChI is InChI=1S/C17H24N2O2/c1-13-2-4-15(5-3-13)16(20)6-7-17(21)19-11-9-14-8-10-18-12-14/h2-5,14,18H,6-12H2,1H3,(H,19,21). The van der Waals surface area contributed by atoms with Crippen LogP contribution in [0.5, 0.6) is 0 Å². The minimum absolute atomic E-state index is 0.0265. The maximum absolute atomic E-state index is 12.0. The molecule has 0 aromatic heterocycles. The van der Waals surface area contributed by atoms with Crippen LogP contribution in [0.4, 0.5) is 0 Å². The number of aryl methyl sites for hydroxylation is 1. The predicted octanol–water partition coefficient (Wildman–Crippen LogP) is 2.07. The highest BCUT2D eigenvalue weighted by Gasteiger charge is 2.14. The quantitative estimate of drug-likeness (QED) is 0.755. The Bertz CT molecular complexity index is 476. The Morgan fingerprint density at radius 1 is 1.24 bits per heavy atom. The molecule has 1 aliphatic rings. The summed E-state index contributed by atoms with van der Waals surface area (Å²) in [5.41, 5.74) is 1.82. The molecule has 1 saturated heterocycles. The molecule has 2 N–H and O–H groups in total. The van der Waals surface area contributed by atoms with Gasteiger partial charge in [-0.25, -0.2) is 0 Å². The third-order valence-electron chi connectivity index (χ3n) is 3.99. The van der Waals surface area contributed by atoms with Crippen molar-refractivity contribution in [2.45, 2.75) is 32.6 Å². The minimum atomic E-state index is -0.0265. The maximum Gasteiger partial charge on any atom is 0.220 e. The van der Waals surface area contributed by atoms with E-state index < -0.39 is 0 Å². The molecule has 4 nitrogen and oxygen atoms in total. The van der Waals surface area contributed by atoms with E-state index in [1.54, 1.807) is 0 Å². The van der Waals surface area contributed by atoms with Crippen molar-refractivity contribution in [3.8, 4) is 0 Å². The van der Waals surface area contributed by atoms with E-state index in [-0.39, 0.29) is 24.5 Å². The second kappa shape index (κ2) is 7.93. The van der Waals surface area contributed by atoms with E-state index in [1.165, 1.54) is 6.42 Å². The summed E-state index contributed by atoms with van der Waals surface area (Å²) in [5.74, 6) is 0.686. The Morgan fingerprint density at radius 3 is 2.67 bits per heavy atom. The van der Waals surface area contributed by atoms with Gasteiger partial charge in [-0.3, -0.25) is 9.59 Å². The molecule has 0 saturated carbocycles. The minimum Gasteiger partial charge on any atom is -0.356 e. The van der Waals surface area contributed by atoms with Gasteiger partial charge in [-0.05, 0) is 38.8 Å². The molecule has 1 unspecified atom stereocenters. The Labute approximate surface area is 126 Å². The Balaban J connectivity index is 1.63. The molecule has 0 radical (unpaired) electrons. The van der Waals surface area contributed by atoms with Crippen molar-refractivity contribution in [3.63, 3.8) is 0 Å². The summed E-state index contributed by atoms with van der Waals surface area (Å²) < 4.78 is 0. The van der Waals surface area contributed by atoms with Crippen LogP contribution in [0.1, 0.15) is 41.6 Å². The summed E-state index contributed by atoms with van der Waals surface area (Å²) in [6, 6.07) is 7.48. The van der Waals surface area contributed by atoms with Crippen LogP contribution >= 0.6 is 0 Å². The smallest absolute Gasteiger partial charge is 0.220 e. The third kappa shape index (κ3) is 5.31. The second-order valence-electron chi connectivity index (χ2n) is 5.79. The lowest BCUT2D eigenvalue weighted by Crippen LogP contribution is -2.26. The lowest BCUT2D eigenvalue weighted by Gasteiger charge is -2.09. The van der Waals surface area contributed by atoms with E-state index in [2.05, 4.69) is 10.6 Å². The molecule has 1 aromatic rings. The van der Waals surface area contributed by atoms with E-state index in [1.807, 2.05) is 31.2 Å². The summed E-state index contributed by atoms with van der Waals surface area (Å²) in [5, 5.41) is 6.22. The van der Waals surface area contributed by atoms with Gasteiger partial charge in [0, 0.05) is 24.9 Å². The molecule has 0 bridgehead atoms. The Hall–Kier alpha value is -1.68. The average molecular weight is 288 g/mol. The lowest BCUT2D eigenvalue weighted by molar-refractivity contribution is -0.121. The zero-order valence-electron chi connectivity index (χ0n) is 12.7. The second-order valence-corrected chi connectivity index (χ2v) is 5.79. The monoisotopic (exact) mass is 288 g/mol. The highest BCUT2D eigenvalue weighted by molar-refractivity contribution is 5.97. The highest BCUT2D eigenvalue weighted by Crippen LogP contribution is 2.11. The molecule has 114 valence electrons. The first-order chi connectivity index (χ1) is 10.1. The van der Waals surface area contributed by atoms with Crippen molar-refractivity contribution >= 4 is 11.7 Å². The van der Waals surface area contributed by atoms with E-state index in [0.29, 0.717) is 18.0 Å². The number of rotatable bonds is 7. The molecule has 1 amide bonds. The number of hydrogen-bond acceptors (Lipinski definition) is 3. The molecular formula is C17H24N2O2. The summed E-state index contributed by atoms with van der Waals surface area (Å²) in [6.45, 7) is 4.84. The molecule has 4 heteroatoms. The molecule has 21 heavy (non-hydrogen) atoms. The van der Waals surface area contributed by atoms with Gasteiger partial charge in [0.15, 0.2) is 5.78 Å². The van der Waals surface area contributed by atoms with Crippen LogP contribution in [-0.4, -0.2) is 31.3 Å². The molecular weight excluding hydrogens is 264 g/mol. The first kappa shape index (κ1) is 15.7. The highest BCUT2D eigenvalue weighted by atomic mass is 16.2. The predicted molar refractivity (Wildman–Crippen MR) is 83.3 cm³/mol. The van der Waals surface area contributed by atoms with Crippen LogP contribution in [0.3, 0.4) is 0 Å². The van der Waals surface area contributed by atoms with E-state index in [0.717, 1.165) is 25.1 Å². The SMILES string of the molecule is Cc1ccc(C(=O)CCC(=O)NCCC2CCNC2)cc1. The van der Waals surface area contributed by atoms with E-state index in [9.17, 15) is 9.59 Å². The van der Waals surface area contributed by atoms with Crippen LogP contribution in [0.25, 0.3) is 0 Å². The van der Waals surface area contributed by atoms with E-state index >= 15 is 0 Å². The molecule has 2 rings (SSSR count). The molecule has 1 aromatic carbocycles. The van der Waals surface area contributed by atoms with Crippen LogP contribution in [0.2, 0.25) is 0 Å². The van der Waals surface area contributed by atoms with Crippen LogP contribution in [-0.2, 0) is 4.79 Å². The largest absolute Gasteiger partial charge is 0.356 e. The average Bonchev–Trinajstić information content (AvgIpc) is 2.99. The number of nitrogens with one attached hydrogen (secondary N) is 2. The van der Waals surface area contributed by atoms with Gasteiger partial charge < -0.3 is 10.6 Å². The van der Waals surface area contributed by atoms with Crippen molar-refractivity contribution in [3.05, 3.63) is 35.4 Å². The fraction of sp³-hybridized carbons (Fsp3) is 0.529. The molecule has 1 fully saturated rings. The number of benzene rings is 1. The fourth-order valence-electron chi connectivity index (χ4n) is 2.58. The van der Waals surface area contributed by atoms with Crippen LogP contribution in [0, 0.1) is 12.8 Å². The summed E-state index contributed by atoms with van der Waals surface area (Å²) in [4.78, 5) is 23.7. The van der Waals surface area contributed by atoms with Crippen molar-refractivity contribution in [1.29, 1.82) is 0 Å². The van der Waals surface area contributed by atoms with Gasteiger partial charge in [-0.1, -0.05) is 29.8 Å². The van der Waals surface area contributed by atoms with Gasteiger partial charge in [-0.2, -0.15) is 0 Å². The van der Waals surface area contributed by atoms with Gasteiger partial charge in [-0.15, -0.1) is 0 Å². The normalized spacial score (nSPS) is 17.7. The number of Topliss-reactive ketones (excluding diaryl/α,β-unsaturated/α-hetero) is 1. The van der Waals surface area contributed by atoms with E-state index in [4.69, 9.17) is 0 Å². The number of carbonyl (C=O) groups excluding carboxylic acids is 2. The van der Waals surface area contributed by atoms with Crippen molar-refractivity contribution in [1.82, 2.24) is 10.6 Å². The molecule has 1 heterocycles. The number of hydrogen-bond donors (Lipinski definition) is 2. The zero-order valence-corrected chi connectivity index (χ0v) is 12.7. The van der Waals surface area contributed by atoms with Crippen LogP contribution in [0.15, 0.2) is 24.3 Å². The first-order valence-electron chi connectivity index (χ1n) is 7.72. The molecule has 0 aliphatic carbocycles. The fourth-order valence-corrected chi connectivity index (χ4v) is 2.58. The number of ketones is 1. The summed E-state index contributed by atoms with van der Waals surface area (Å²) in [6.07, 6.45) is 2.77. The van der Waals surface area contributed by atoms with Gasteiger partial charge in [0.2, 0.25) is 5.91 Å². The van der Waals surface area contributed by atoms with Gasteiger partial charge >= 0.3 is 0 Å². The number of carbonyl (C=O) groups is 2. The topological polar surface area (TPSA) is 58.2 Å². The first-order valence-corrected chi connectivity index (χ1v) is 7.72. The zero-order chi connectivity index (χ0) is 15.1. The van der Waals surface area contributed by atoms with Crippen molar-refractivity contribution in [2.24, 2.45) is 5.92 Å². The maximum atomic E-state index is 12.0. The summed E-state index contributed by atoms with van der Waals surface area (Å²) in [7, 11) is 0. The molecule has 1 aliphatic heterocycles. The Morgan fingerprint density at radius 2 is 2.00 bits per heavy atom. The Kier molecular flexibility index (Phi) is 5.93.